The van der Waals surface area contributed by atoms with Crippen LogP contribution in [0.2, 0.25) is 0 Å². The number of benzene rings is 1. The third kappa shape index (κ3) is 3.03. The number of nitrogens with zero attached hydrogens (tertiary/aromatic N) is 4. The molecule has 0 aliphatic rings. The molecular formula is C14H14N6S. The molecule has 0 saturated carbocycles. The van der Waals surface area contributed by atoms with E-state index in [1.54, 1.807) is 6.07 Å². The predicted molar refractivity (Wildman–Crippen MR) is 84.7 cm³/mol. The Hall–Kier alpha value is -2.41. The van der Waals surface area contributed by atoms with Gasteiger partial charge in [-0.2, -0.15) is 0 Å². The van der Waals surface area contributed by atoms with Crippen molar-refractivity contribution in [2.24, 2.45) is 0 Å². The fourth-order valence-corrected chi connectivity index (χ4v) is 2.74. The lowest BCUT2D eigenvalue weighted by molar-refractivity contribution is 0.936. The first-order chi connectivity index (χ1) is 10.1. The molecule has 7 heteroatoms. The number of nitrogen functional groups attached to an aromatic ring is 2. The zero-order valence-corrected chi connectivity index (χ0v) is 12.3. The van der Waals surface area contributed by atoms with Crippen LogP contribution in [-0.4, -0.2) is 19.9 Å². The number of aryl methyl sites for hydroxylation is 1. The normalized spacial score (nSPS) is 10.9. The Morgan fingerprint density at radius 3 is 2.67 bits per heavy atom. The van der Waals surface area contributed by atoms with E-state index >= 15 is 0 Å². The summed E-state index contributed by atoms with van der Waals surface area (Å²) in [6, 6.07) is 9.40. The van der Waals surface area contributed by atoms with Gasteiger partial charge in [0.2, 0.25) is 0 Å². The van der Waals surface area contributed by atoms with E-state index in [9.17, 15) is 0 Å². The first-order valence-corrected chi connectivity index (χ1v) is 7.35. The summed E-state index contributed by atoms with van der Waals surface area (Å²) < 4.78 is 0. The molecule has 3 rings (SSSR count). The molecule has 0 aliphatic carbocycles. The molecule has 3 aromatic rings. The van der Waals surface area contributed by atoms with E-state index in [2.05, 4.69) is 19.9 Å². The molecule has 0 radical (unpaired) electrons. The second-order valence-corrected chi connectivity index (χ2v) is 5.49. The highest BCUT2D eigenvalue weighted by atomic mass is 32.2. The Morgan fingerprint density at radius 1 is 1.05 bits per heavy atom. The molecular weight excluding hydrogens is 284 g/mol. The van der Waals surface area contributed by atoms with E-state index in [0.717, 1.165) is 16.6 Å². The number of rotatable bonds is 3. The van der Waals surface area contributed by atoms with Gasteiger partial charge in [-0.25, -0.2) is 19.9 Å². The van der Waals surface area contributed by atoms with Crippen molar-refractivity contribution in [2.75, 3.05) is 11.5 Å². The Labute approximate surface area is 126 Å². The van der Waals surface area contributed by atoms with Crippen LogP contribution in [0.5, 0.6) is 0 Å². The van der Waals surface area contributed by atoms with E-state index in [0.29, 0.717) is 28.4 Å². The maximum absolute atomic E-state index is 5.96. The van der Waals surface area contributed by atoms with Crippen molar-refractivity contribution in [2.45, 2.75) is 17.8 Å². The lowest BCUT2D eigenvalue weighted by Gasteiger charge is -2.05. The first kappa shape index (κ1) is 13.6. The average Bonchev–Trinajstić information content (AvgIpc) is 2.44. The van der Waals surface area contributed by atoms with Crippen molar-refractivity contribution in [1.29, 1.82) is 0 Å². The van der Waals surface area contributed by atoms with Crippen LogP contribution < -0.4 is 11.5 Å². The topological polar surface area (TPSA) is 104 Å². The van der Waals surface area contributed by atoms with Crippen LogP contribution in [0.1, 0.15) is 11.5 Å². The third-order valence-electron chi connectivity index (χ3n) is 2.86. The summed E-state index contributed by atoms with van der Waals surface area (Å²) in [6.45, 7) is 1.88. The number of hydrogen-bond acceptors (Lipinski definition) is 7. The van der Waals surface area contributed by atoms with Crippen LogP contribution in [0, 0.1) is 6.92 Å². The largest absolute Gasteiger partial charge is 0.384 e. The lowest BCUT2D eigenvalue weighted by atomic mass is 10.2. The predicted octanol–water partition coefficient (Wildman–Crippen LogP) is 2.18. The summed E-state index contributed by atoms with van der Waals surface area (Å²) in [5, 5.41) is 1.48. The average molecular weight is 298 g/mol. The van der Waals surface area contributed by atoms with Gasteiger partial charge in [0.05, 0.1) is 11.3 Å². The molecule has 1 aromatic carbocycles. The molecule has 0 unspecified atom stereocenters. The molecule has 0 bridgehead atoms. The van der Waals surface area contributed by atoms with Crippen LogP contribution in [0.4, 0.5) is 11.6 Å². The summed E-state index contributed by atoms with van der Waals surface area (Å²) in [5.41, 5.74) is 13.3. The number of anilines is 2. The number of thioether (sulfide) groups is 1. The summed E-state index contributed by atoms with van der Waals surface area (Å²) >= 11 is 1.44. The molecule has 4 N–H and O–H groups in total. The van der Waals surface area contributed by atoms with Gasteiger partial charge >= 0.3 is 0 Å². The number of hydrogen-bond donors (Lipinski definition) is 2. The van der Waals surface area contributed by atoms with Crippen molar-refractivity contribution in [1.82, 2.24) is 19.9 Å². The monoisotopic (exact) mass is 298 g/mol. The molecule has 0 amide bonds. The highest BCUT2D eigenvalue weighted by Crippen LogP contribution is 2.22. The van der Waals surface area contributed by atoms with E-state index < -0.39 is 0 Å². The van der Waals surface area contributed by atoms with Gasteiger partial charge in [0.1, 0.15) is 17.5 Å². The van der Waals surface area contributed by atoms with Gasteiger partial charge in [0.15, 0.2) is 5.16 Å². The fraction of sp³-hybridized carbons (Fsp3) is 0.143. The van der Waals surface area contributed by atoms with Gasteiger partial charge in [0, 0.05) is 17.1 Å². The first-order valence-electron chi connectivity index (χ1n) is 6.37. The van der Waals surface area contributed by atoms with E-state index in [1.165, 1.54) is 11.8 Å². The van der Waals surface area contributed by atoms with Crippen molar-refractivity contribution in [3.05, 3.63) is 41.9 Å². The van der Waals surface area contributed by atoms with Crippen molar-refractivity contribution >= 4 is 34.3 Å². The highest BCUT2D eigenvalue weighted by Gasteiger charge is 2.07. The van der Waals surface area contributed by atoms with Crippen LogP contribution in [0.3, 0.4) is 0 Å². The van der Waals surface area contributed by atoms with Crippen molar-refractivity contribution < 1.29 is 0 Å². The number of aromatic nitrogens is 4. The van der Waals surface area contributed by atoms with Gasteiger partial charge in [-0.05, 0) is 19.1 Å². The van der Waals surface area contributed by atoms with Crippen LogP contribution >= 0.6 is 11.8 Å². The van der Waals surface area contributed by atoms with Crippen molar-refractivity contribution in [3.8, 4) is 0 Å². The van der Waals surface area contributed by atoms with E-state index in [1.807, 2.05) is 31.2 Å². The molecule has 2 heterocycles. The minimum absolute atomic E-state index is 0.462. The second-order valence-electron chi connectivity index (χ2n) is 4.55. The van der Waals surface area contributed by atoms with Gasteiger partial charge in [-0.1, -0.05) is 23.9 Å². The maximum Gasteiger partial charge on any atom is 0.190 e. The number of para-hydroxylation sites is 1. The summed E-state index contributed by atoms with van der Waals surface area (Å²) in [7, 11) is 0. The molecule has 0 aliphatic heterocycles. The Morgan fingerprint density at radius 2 is 1.86 bits per heavy atom. The summed E-state index contributed by atoms with van der Waals surface area (Å²) in [4.78, 5) is 17.3. The Balaban J connectivity index is 1.85. The third-order valence-corrected chi connectivity index (χ3v) is 3.71. The van der Waals surface area contributed by atoms with Gasteiger partial charge in [0.25, 0.3) is 0 Å². The molecule has 0 atom stereocenters. The molecule has 0 spiro atoms. The second kappa shape index (κ2) is 5.53. The highest BCUT2D eigenvalue weighted by molar-refractivity contribution is 7.98. The number of fused-ring (bicyclic) bond motifs is 1. The van der Waals surface area contributed by atoms with E-state index in [4.69, 9.17) is 11.5 Å². The molecule has 0 fully saturated rings. The standard InChI is InChI=1S/C14H14N6S/c1-8-6-11(15)19-14(17-8)21-7-12-18-10-5-3-2-4-9(10)13(16)20-12/h2-6H,7H2,1H3,(H2,15,17,19)(H2,16,18,20). The van der Waals surface area contributed by atoms with Crippen LogP contribution in [0.25, 0.3) is 10.9 Å². The Kier molecular flexibility index (Phi) is 3.57. The smallest absolute Gasteiger partial charge is 0.190 e. The van der Waals surface area contributed by atoms with Gasteiger partial charge in [-0.3, -0.25) is 0 Å². The van der Waals surface area contributed by atoms with Gasteiger partial charge < -0.3 is 11.5 Å². The Bertz CT molecular complexity index is 784. The maximum atomic E-state index is 5.96. The van der Waals surface area contributed by atoms with Crippen molar-refractivity contribution in [3.63, 3.8) is 0 Å². The minimum atomic E-state index is 0.462. The fourth-order valence-electron chi connectivity index (χ4n) is 1.97. The van der Waals surface area contributed by atoms with Crippen LogP contribution in [0.15, 0.2) is 35.5 Å². The van der Waals surface area contributed by atoms with E-state index in [-0.39, 0.29) is 0 Å². The summed E-state index contributed by atoms with van der Waals surface area (Å²) in [6.07, 6.45) is 0. The minimum Gasteiger partial charge on any atom is -0.384 e. The van der Waals surface area contributed by atoms with Crippen LogP contribution in [-0.2, 0) is 5.75 Å². The quantitative estimate of drug-likeness (QED) is 0.564. The molecule has 0 saturated heterocycles. The molecule has 6 nitrogen and oxygen atoms in total. The molecule has 21 heavy (non-hydrogen) atoms. The zero-order valence-electron chi connectivity index (χ0n) is 11.4. The van der Waals surface area contributed by atoms with Gasteiger partial charge in [-0.15, -0.1) is 0 Å². The molecule has 106 valence electrons. The zero-order chi connectivity index (χ0) is 14.8. The SMILES string of the molecule is Cc1cc(N)nc(SCc2nc(N)c3ccccc3n2)n1. The number of nitrogens with two attached hydrogens (primary N) is 2. The lowest BCUT2D eigenvalue weighted by Crippen LogP contribution is -2.01. The summed E-state index contributed by atoms with van der Waals surface area (Å²) in [5.74, 6) is 2.14. The molecule has 2 aromatic heterocycles.